The Hall–Kier alpha value is -2.31. The Bertz CT molecular complexity index is 2800. The van der Waals surface area contributed by atoms with E-state index < -0.39 is 23.4 Å². The van der Waals surface area contributed by atoms with Crippen LogP contribution in [-0.4, -0.2) is 68.1 Å². The minimum absolute atomic E-state index is 0. The zero-order valence-electron chi connectivity index (χ0n) is 47.1. The molecule has 15 nitrogen and oxygen atoms in total. The molecule has 402 valence electrons. The van der Waals surface area contributed by atoms with Gasteiger partial charge in [0, 0.05) is 56.9 Å². The molecule has 0 aliphatic rings. The Labute approximate surface area is 584 Å². The summed E-state index contributed by atoms with van der Waals surface area (Å²) < 4.78 is 46.5. The minimum Gasteiger partial charge on any atom is -1.00 e. The second-order valence-electron chi connectivity index (χ2n) is 18.3. The van der Waals surface area contributed by atoms with Crippen molar-refractivity contribution in [2.75, 3.05) is 35.1 Å². The minimum atomic E-state index is -0.620. The van der Waals surface area contributed by atoms with Gasteiger partial charge in [-0.15, -0.1) is 0 Å². The third-order valence-electron chi connectivity index (χ3n) is 10.1. The standard InChI is InChI=1S/C27H31FN2O4.C20H26N2O4.C7H6BrF.CH2O3.HI.2K.Na.H/c1-18(15-25(31)33-5)30(17-19-9-8-10-20(28)16-19)24-14-13-23(21-11-6-7-12-22(21)24)29-26(32)34-27(2,3)4;1-13(12-18(23)25-5)21-16-10-11-17(15-9-7-6-8-14(15)16)22-19(24)26-20(2,3)4;8-5-6-2-1-3-7(9)4-6;2-1-4-3;;;;;/h6-14,16,18H,15,17H2,1-5H3,(H,29,32);6-11,13,21H,12H2,1-5H3,(H,22,24);1-4H,5H2;1,3H;1H;;;;/q;;;;;3*+1;-1/p-2/t18-;13-;;;;;;;/m00......./s1. The van der Waals surface area contributed by atoms with Gasteiger partial charge in [-0.25, -0.2) is 18.4 Å². The van der Waals surface area contributed by atoms with Crippen LogP contribution in [0.25, 0.3) is 21.5 Å². The third-order valence-corrected chi connectivity index (χ3v) is 10.7. The SMILES string of the molecule is COC(=O)C[C@H](C)N(Cc1cccc(F)c1)c1ccc(NC(=O)OC(C)(C)C)c2ccccc12.COC(=O)C[C@H](C)Nc1ccc(NC(=O)OC(C)(C)C)c2ccccc12.Fc1cccc(CBr)c1.O=CO[O-].[H-].[I-].[K+].[K+].[Na+]. The number of hydrogen-bond acceptors (Lipinski definition) is 13. The quantitative estimate of drug-likeness (QED) is 0.0195. The molecule has 0 saturated carbocycles. The van der Waals surface area contributed by atoms with E-state index in [1.54, 1.807) is 32.9 Å². The summed E-state index contributed by atoms with van der Waals surface area (Å²) in [7, 11) is 2.74. The summed E-state index contributed by atoms with van der Waals surface area (Å²) in [6, 6.07) is 35.4. The average Bonchev–Trinajstić information content (AvgIpc) is 3.33. The van der Waals surface area contributed by atoms with E-state index in [4.69, 9.17) is 29.0 Å². The number of amides is 2. The van der Waals surface area contributed by atoms with Crippen LogP contribution in [-0.2, 0) is 50.1 Å². The molecule has 0 aliphatic carbocycles. The van der Waals surface area contributed by atoms with Crippen LogP contribution < -0.4 is 182 Å². The number of halogens is 4. The van der Waals surface area contributed by atoms with Gasteiger partial charge in [0.15, 0.2) is 0 Å². The molecule has 0 aliphatic heterocycles. The van der Waals surface area contributed by atoms with Crippen molar-refractivity contribution >= 4 is 90.8 Å². The molecule has 22 heteroatoms. The van der Waals surface area contributed by atoms with Gasteiger partial charge in [-0.05, 0) is 115 Å². The Kier molecular flexibility index (Phi) is 39.1. The molecule has 3 N–H and O–H groups in total. The van der Waals surface area contributed by atoms with Crippen molar-refractivity contribution in [1.82, 2.24) is 0 Å². The number of esters is 2. The van der Waals surface area contributed by atoms with E-state index in [0.29, 0.717) is 23.2 Å². The molecular weight excluding hydrogens is 1240 g/mol. The van der Waals surface area contributed by atoms with E-state index in [1.807, 2.05) is 124 Å². The second kappa shape index (κ2) is 39.2. The maximum atomic E-state index is 13.9. The molecule has 6 aromatic carbocycles. The molecule has 2 atom stereocenters. The molecule has 0 unspecified atom stereocenters. The molecule has 6 aromatic rings. The Balaban J connectivity index is -0.00000113. The number of nitrogens with zero attached hydrogens (tertiary/aromatic N) is 1. The van der Waals surface area contributed by atoms with E-state index in [1.165, 1.54) is 38.5 Å². The first-order chi connectivity index (χ1) is 34.5. The number of fused-ring (bicyclic) bond motifs is 2. The fourth-order valence-corrected chi connectivity index (χ4v) is 7.37. The van der Waals surface area contributed by atoms with Crippen molar-refractivity contribution in [2.24, 2.45) is 0 Å². The predicted octanol–water partition coefficient (Wildman–Crippen LogP) is 0.118. The van der Waals surface area contributed by atoms with Crippen LogP contribution in [0, 0.1) is 11.6 Å². The molecule has 0 fully saturated rings. The van der Waals surface area contributed by atoms with Gasteiger partial charge >= 0.3 is 156 Å². The number of benzene rings is 6. The van der Waals surface area contributed by atoms with E-state index in [0.717, 1.165) is 44.0 Å². The van der Waals surface area contributed by atoms with Crippen molar-refractivity contribution in [3.8, 4) is 0 Å². The van der Waals surface area contributed by atoms with Crippen molar-refractivity contribution < 1.29 is 220 Å². The van der Waals surface area contributed by atoms with E-state index >= 15 is 0 Å². The summed E-state index contributed by atoms with van der Waals surface area (Å²) in [6.07, 6.45) is -0.607. The molecule has 77 heavy (non-hydrogen) atoms. The van der Waals surface area contributed by atoms with Gasteiger partial charge in [0.1, 0.15) is 22.8 Å². The number of rotatable bonds is 14. The summed E-state index contributed by atoms with van der Waals surface area (Å²) in [6.45, 7) is 14.9. The molecule has 0 saturated heterocycles. The monoisotopic (exact) mass is 1300 g/mol. The first-order valence-electron chi connectivity index (χ1n) is 23.0. The van der Waals surface area contributed by atoms with Crippen LogP contribution in [0.3, 0.4) is 0 Å². The number of carbonyl (C=O) groups is 5. The van der Waals surface area contributed by atoms with Gasteiger partial charge in [-0.2, -0.15) is 0 Å². The molecule has 0 bridgehead atoms. The predicted molar refractivity (Wildman–Crippen MR) is 283 cm³/mol. The Morgan fingerprint density at radius 1 is 0.649 bits per heavy atom. The zero-order chi connectivity index (χ0) is 54.3. The van der Waals surface area contributed by atoms with Crippen molar-refractivity contribution in [3.05, 3.63) is 144 Å². The number of methoxy groups -OCH3 is 2. The molecule has 0 heterocycles. The van der Waals surface area contributed by atoms with Crippen LogP contribution in [0.1, 0.15) is 80.8 Å². The van der Waals surface area contributed by atoms with Gasteiger partial charge in [0.05, 0.1) is 38.4 Å². The number of anilines is 4. The molecule has 2 amide bonds. The van der Waals surface area contributed by atoms with Crippen LogP contribution in [0.15, 0.2) is 121 Å². The van der Waals surface area contributed by atoms with Gasteiger partial charge in [-0.1, -0.05) is 88.7 Å². The molecule has 0 radical (unpaired) electrons. The summed E-state index contributed by atoms with van der Waals surface area (Å²) >= 11 is 3.22. The summed E-state index contributed by atoms with van der Waals surface area (Å²) in [5.74, 6) is -1.09. The number of carbonyl (C=O) groups excluding carboxylic acids is 5. The number of ether oxygens (including phenoxy) is 4. The smallest absolute Gasteiger partial charge is 1.00 e. The number of alkyl halides is 1. The van der Waals surface area contributed by atoms with Crippen LogP contribution in [0.2, 0.25) is 0 Å². The summed E-state index contributed by atoms with van der Waals surface area (Å²) in [4.78, 5) is 61.3. The van der Waals surface area contributed by atoms with Crippen LogP contribution in [0.4, 0.5) is 41.1 Å². The van der Waals surface area contributed by atoms with Crippen LogP contribution >= 0.6 is 15.9 Å². The summed E-state index contributed by atoms with van der Waals surface area (Å²) in [5, 5.41) is 21.6. The maximum absolute atomic E-state index is 13.9. The fraction of sp³-hybridized carbons (Fsp3) is 0.327. The molecular formula is C55H65BrF2IK2N4NaO11. The Morgan fingerprint density at radius 2 is 1.05 bits per heavy atom. The average molecular weight is 1300 g/mol. The second-order valence-corrected chi connectivity index (χ2v) is 18.9. The van der Waals surface area contributed by atoms with Gasteiger partial charge in [0.25, 0.3) is 6.47 Å². The summed E-state index contributed by atoms with van der Waals surface area (Å²) in [5.41, 5.74) is 3.57. The van der Waals surface area contributed by atoms with Gasteiger partial charge < -0.3 is 64.7 Å². The molecule has 0 spiro atoms. The topological polar surface area (TPSA) is 194 Å². The van der Waals surface area contributed by atoms with Gasteiger partial charge in [-0.3, -0.25) is 25.0 Å². The van der Waals surface area contributed by atoms with E-state index in [2.05, 4.69) is 36.8 Å². The Morgan fingerprint density at radius 3 is 1.48 bits per heavy atom. The first-order valence-corrected chi connectivity index (χ1v) is 24.1. The zero-order valence-corrected chi connectivity index (χ0v) is 58.0. The first kappa shape index (κ1) is 76.8. The number of nitrogens with one attached hydrogen (secondary N) is 3. The maximum Gasteiger partial charge on any atom is 1.00 e. The van der Waals surface area contributed by atoms with E-state index in [9.17, 15) is 28.0 Å². The van der Waals surface area contributed by atoms with E-state index in [-0.39, 0.29) is 213 Å². The van der Waals surface area contributed by atoms with Crippen molar-refractivity contribution in [1.29, 1.82) is 0 Å². The van der Waals surface area contributed by atoms with Crippen LogP contribution in [0.5, 0.6) is 0 Å². The molecule has 6 rings (SSSR count). The number of hydrogen-bond donors (Lipinski definition) is 3. The van der Waals surface area contributed by atoms with Crippen molar-refractivity contribution in [2.45, 2.75) is 103 Å². The van der Waals surface area contributed by atoms with Gasteiger partial charge in [0.2, 0.25) is 0 Å². The third kappa shape index (κ3) is 28.8. The largest absolute Gasteiger partial charge is 1.00 e. The normalized spacial score (nSPS) is 10.9. The molecule has 0 aromatic heterocycles. The van der Waals surface area contributed by atoms with Crippen molar-refractivity contribution in [3.63, 3.8) is 0 Å². The fourth-order valence-electron chi connectivity index (χ4n) is 7.02.